The molecule has 2 aromatic rings. The average molecular weight is 251 g/mol. The first-order valence-corrected chi connectivity index (χ1v) is 6.43. The van der Waals surface area contributed by atoms with Crippen molar-refractivity contribution in [2.75, 3.05) is 7.11 Å². The summed E-state index contributed by atoms with van der Waals surface area (Å²) in [5.74, 6) is 1.42. The molecule has 0 unspecified atom stereocenters. The van der Waals surface area contributed by atoms with Crippen LogP contribution >= 0.6 is 11.3 Å². The van der Waals surface area contributed by atoms with Crippen molar-refractivity contribution in [3.63, 3.8) is 0 Å². The Labute approximate surface area is 103 Å². The average Bonchev–Trinajstić information content (AvgIpc) is 2.92. The molecular weight excluding hydrogens is 238 g/mol. The number of tetrazole rings is 1. The molecule has 1 fully saturated rings. The molecule has 6 nitrogen and oxygen atoms in total. The van der Waals surface area contributed by atoms with Crippen LogP contribution in [0, 0.1) is 0 Å². The fourth-order valence-corrected chi connectivity index (χ4v) is 2.34. The van der Waals surface area contributed by atoms with Crippen molar-refractivity contribution < 1.29 is 4.74 Å². The minimum atomic E-state index is 0.545. The Morgan fingerprint density at radius 2 is 2.41 bits per heavy atom. The topological polar surface area (TPSA) is 65.7 Å². The lowest BCUT2D eigenvalue weighted by atomic mass is 10.4. The summed E-state index contributed by atoms with van der Waals surface area (Å²) in [5.41, 5.74) is 0.960. The van der Waals surface area contributed by atoms with Gasteiger partial charge in [0.05, 0.1) is 12.3 Å². The van der Waals surface area contributed by atoms with Crippen LogP contribution in [-0.2, 0) is 17.9 Å². The molecule has 0 spiro atoms. The minimum absolute atomic E-state index is 0.545. The van der Waals surface area contributed by atoms with Crippen LogP contribution in [0.5, 0.6) is 0 Å². The molecule has 0 bridgehead atoms. The predicted octanol–water partition coefficient (Wildman–Crippen LogP) is 1.20. The Kier molecular flexibility index (Phi) is 2.86. The highest BCUT2D eigenvalue weighted by Gasteiger charge is 2.28. The summed E-state index contributed by atoms with van der Waals surface area (Å²) >= 11 is 1.59. The molecular formula is C10H13N5OS. The van der Waals surface area contributed by atoms with E-state index in [0.717, 1.165) is 16.5 Å². The van der Waals surface area contributed by atoms with Gasteiger partial charge in [0, 0.05) is 18.4 Å². The lowest BCUT2D eigenvalue weighted by molar-refractivity contribution is 0.184. The van der Waals surface area contributed by atoms with E-state index in [1.807, 2.05) is 5.38 Å². The van der Waals surface area contributed by atoms with Crippen LogP contribution in [-0.4, -0.2) is 32.3 Å². The quantitative estimate of drug-likeness (QED) is 0.799. The Morgan fingerprint density at radius 1 is 1.53 bits per heavy atom. The number of ether oxygens (including phenoxy) is 1. The highest BCUT2D eigenvalue weighted by Crippen LogP contribution is 2.37. The Hall–Kier alpha value is -1.34. The van der Waals surface area contributed by atoms with E-state index in [1.165, 1.54) is 12.8 Å². The molecule has 0 aromatic carbocycles. The number of methoxy groups -OCH3 is 1. The molecule has 2 heterocycles. The summed E-state index contributed by atoms with van der Waals surface area (Å²) in [6, 6.07) is 0. The summed E-state index contributed by atoms with van der Waals surface area (Å²) in [6.45, 7) is 1.14. The molecule has 0 saturated heterocycles. The largest absolute Gasteiger partial charge is 0.378 e. The second-order valence-corrected chi connectivity index (χ2v) is 5.06. The van der Waals surface area contributed by atoms with Crippen molar-refractivity contribution in [2.45, 2.75) is 31.9 Å². The number of nitrogens with zero attached hydrogens (tertiary/aromatic N) is 5. The van der Waals surface area contributed by atoms with Crippen LogP contribution in [0.1, 0.15) is 35.3 Å². The smallest absolute Gasteiger partial charge is 0.177 e. The van der Waals surface area contributed by atoms with E-state index in [2.05, 4.69) is 20.4 Å². The Morgan fingerprint density at radius 3 is 3.18 bits per heavy atom. The Balaban J connectivity index is 1.67. The minimum Gasteiger partial charge on any atom is -0.378 e. The van der Waals surface area contributed by atoms with E-state index < -0.39 is 0 Å². The molecule has 7 heteroatoms. The first-order valence-electron chi connectivity index (χ1n) is 5.55. The van der Waals surface area contributed by atoms with Crippen molar-refractivity contribution >= 4 is 11.3 Å². The van der Waals surface area contributed by atoms with Crippen LogP contribution < -0.4 is 0 Å². The summed E-state index contributed by atoms with van der Waals surface area (Å²) in [4.78, 5) is 6.04. The number of aromatic nitrogens is 5. The van der Waals surface area contributed by atoms with Gasteiger partial charge in [0.25, 0.3) is 0 Å². The van der Waals surface area contributed by atoms with Crippen molar-refractivity contribution in [1.82, 2.24) is 25.2 Å². The second-order valence-electron chi connectivity index (χ2n) is 4.12. The van der Waals surface area contributed by atoms with Crippen LogP contribution in [0.25, 0.3) is 0 Å². The van der Waals surface area contributed by atoms with E-state index in [0.29, 0.717) is 19.1 Å². The van der Waals surface area contributed by atoms with Gasteiger partial charge in [-0.15, -0.1) is 21.5 Å². The summed E-state index contributed by atoms with van der Waals surface area (Å²) in [7, 11) is 1.67. The second kappa shape index (κ2) is 4.50. The van der Waals surface area contributed by atoms with Gasteiger partial charge in [-0.3, -0.25) is 0 Å². The van der Waals surface area contributed by atoms with Crippen LogP contribution in [0.2, 0.25) is 0 Å². The van der Waals surface area contributed by atoms with E-state index in [-0.39, 0.29) is 0 Å². The third kappa shape index (κ3) is 2.50. The molecule has 17 heavy (non-hydrogen) atoms. The first kappa shape index (κ1) is 10.8. The predicted molar refractivity (Wildman–Crippen MR) is 61.7 cm³/mol. The van der Waals surface area contributed by atoms with Gasteiger partial charge in [0.1, 0.15) is 11.6 Å². The van der Waals surface area contributed by atoms with Crippen molar-refractivity contribution in [3.8, 4) is 0 Å². The number of rotatable bonds is 5. The van der Waals surface area contributed by atoms with Gasteiger partial charge in [0.15, 0.2) is 5.82 Å². The monoisotopic (exact) mass is 251 g/mol. The molecule has 0 N–H and O–H groups in total. The SMILES string of the molecule is COCc1nc(Cn2nnc(C3CC3)n2)cs1. The van der Waals surface area contributed by atoms with Gasteiger partial charge in [-0.1, -0.05) is 0 Å². The van der Waals surface area contributed by atoms with Crippen molar-refractivity contribution in [1.29, 1.82) is 0 Å². The van der Waals surface area contributed by atoms with E-state index >= 15 is 0 Å². The molecule has 1 aliphatic carbocycles. The fraction of sp³-hybridized carbons (Fsp3) is 0.600. The third-order valence-electron chi connectivity index (χ3n) is 2.58. The van der Waals surface area contributed by atoms with E-state index in [9.17, 15) is 0 Å². The van der Waals surface area contributed by atoms with E-state index in [1.54, 1.807) is 23.2 Å². The van der Waals surface area contributed by atoms with Gasteiger partial charge in [-0.05, 0) is 18.1 Å². The molecule has 2 aromatic heterocycles. The molecule has 1 aliphatic rings. The van der Waals surface area contributed by atoms with Gasteiger partial charge < -0.3 is 4.74 Å². The van der Waals surface area contributed by atoms with Crippen LogP contribution in [0.4, 0.5) is 0 Å². The molecule has 3 rings (SSSR count). The standard InChI is InChI=1S/C10H13N5OS/c1-16-5-9-11-8(6-17-9)4-15-13-10(12-14-15)7-2-3-7/h6-7H,2-5H2,1H3. The maximum atomic E-state index is 5.03. The number of thiazole rings is 1. The summed E-state index contributed by atoms with van der Waals surface area (Å²) < 4.78 is 5.03. The lowest BCUT2D eigenvalue weighted by Gasteiger charge is -1.94. The highest BCUT2D eigenvalue weighted by atomic mass is 32.1. The maximum Gasteiger partial charge on any atom is 0.177 e. The lowest BCUT2D eigenvalue weighted by Crippen LogP contribution is -2.04. The zero-order valence-corrected chi connectivity index (χ0v) is 10.4. The maximum absolute atomic E-state index is 5.03. The molecule has 90 valence electrons. The molecule has 0 aliphatic heterocycles. The molecule has 0 amide bonds. The van der Waals surface area contributed by atoms with Gasteiger partial charge in [-0.2, -0.15) is 4.80 Å². The normalized spacial score (nSPS) is 15.4. The van der Waals surface area contributed by atoms with Crippen LogP contribution in [0.3, 0.4) is 0 Å². The fourth-order valence-electron chi connectivity index (χ4n) is 1.58. The summed E-state index contributed by atoms with van der Waals surface area (Å²) in [5, 5.41) is 15.4. The van der Waals surface area contributed by atoms with Crippen molar-refractivity contribution in [2.24, 2.45) is 0 Å². The number of hydrogen-bond donors (Lipinski definition) is 0. The van der Waals surface area contributed by atoms with E-state index in [4.69, 9.17) is 4.74 Å². The van der Waals surface area contributed by atoms with Gasteiger partial charge in [0.2, 0.25) is 0 Å². The zero-order valence-electron chi connectivity index (χ0n) is 9.54. The summed E-state index contributed by atoms with van der Waals surface area (Å²) in [6.07, 6.45) is 2.39. The van der Waals surface area contributed by atoms with Crippen molar-refractivity contribution in [3.05, 3.63) is 21.9 Å². The first-order chi connectivity index (χ1) is 8.35. The molecule has 0 atom stereocenters. The number of hydrogen-bond acceptors (Lipinski definition) is 6. The van der Waals surface area contributed by atoms with Gasteiger partial charge >= 0.3 is 0 Å². The highest BCUT2D eigenvalue weighted by molar-refractivity contribution is 7.09. The Bertz CT molecular complexity index is 504. The third-order valence-corrected chi connectivity index (χ3v) is 3.45. The van der Waals surface area contributed by atoms with Gasteiger partial charge in [-0.25, -0.2) is 4.98 Å². The van der Waals surface area contributed by atoms with Crippen LogP contribution in [0.15, 0.2) is 5.38 Å². The molecule has 1 saturated carbocycles. The molecule has 0 radical (unpaired) electrons. The zero-order chi connectivity index (χ0) is 11.7.